The molecule has 0 aromatic carbocycles. The van der Waals surface area contributed by atoms with Crippen molar-refractivity contribution in [2.75, 3.05) is 13.6 Å². The van der Waals surface area contributed by atoms with E-state index in [2.05, 4.69) is 34.4 Å². The zero-order chi connectivity index (χ0) is 13.7. The van der Waals surface area contributed by atoms with Gasteiger partial charge in [-0.1, -0.05) is 19.8 Å². The van der Waals surface area contributed by atoms with Gasteiger partial charge in [0.1, 0.15) is 0 Å². The number of tetrazole rings is 1. The Balaban J connectivity index is 1.94. The van der Waals surface area contributed by atoms with Crippen LogP contribution in [0.5, 0.6) is 0 Å². The fourth-order valence-corrected chi connectivity index (χ4v) is 3.03. The number of nitrogens with two attached hydrogens (primary N) is 1. The second kappa shape index (κ2) is 6.96. The standard InChI is InChI=1S/C13H26N6/c1-3-4-8-19-13(15-16-17-19)10-18(2)12-7-5-6-11(12)9-14/h11-12H,3-10,14H2,1-2H3. The molecule has 1 aromatic rings. The third kappa shape index (κ3) is 3.51. The van der Waals surface area contributed by atoms with Crippen LogP contribution in [0.3, 0.4) is 0 Å². The van der Waals surface area contributed by atoms with Crippen molar-refractivity contribution < 1.29 is 0 Å². The molecule has 6 nitrogen and oxygen atoms in total. The highest BCUT2D eigenvalue weighted by Gasteiger charge is 2.29. The summed E-state index contributed by atoms with van der Waals surface area (Å²) in [4.78, 5) is 2.37. The Kier molecular flexibility index (Phi) is 5.27. The Morgan fingerprint density at radius 2 is 2.26 bits per heavy atom. The molecule has 0 saturated heterocycles. The van der Waals surface area contributed by atoms with Gasteiger partial charge in [-0.3, -0.25) is 4.90 Å². The second-order valence-electron chi connectivity index (χ2n) is 5.58. The Labute approximate surface area is 115 Å². The van der Waals surface area contributed by atoms with E-state index >= 15 is 0 Å². The van der Waals surface area contributed by atoms with Crippen LogP contribution in [0.4, 0.5) is 0 Å². The summed E-state index contributed by atoms with van der Waals surface area (Å²) in [7, 11) is 2.16. The van der Waals surface area contributed by atoms with Gasteiger partial charge in [0.2, 0.25) is 0 Å². The lowest BCUT2D eigenvalue weighted by molar-refractivity contribution is 0.185. The van der Waals surface area contributed by atoms with Gasteiger partial charge in [-0.25, -0.2) is 4.68 Å². The zero-order valence-corrected chi connectivity index (χ0v) is 12.1. The van der Waals surface area contributed by atoms with Crippen LogP contribution in [0.1, 0.15) is 44.9 Å². The highest BCUT2D eigenvalue weighted by atomic mass is 15.5. The molecule has 1 aromatic heterocycles. The van der Waals surface area contributed by atoms with Crippen molar-refractivity contribution in [1.82, 2.24) is 25.1 Å². The SMILES string of the molecule is CCCCn1nnnc1CN(C)C1CCCC1CN. The van der Waals surface area contributed by atoms with Gasteiger partial charge in [0, 0.05) is 12.6 Å². The third-order valence-corrected chi connectivity index (χ3v) is 4.21. The first-order chi connectivity index (χ1) is 9.26. The molecule has 1 aliphatic carbocycles. The maximum Gasteiger partial charge on any atom is 0.165 e. The number of aryl methyl sites for hydroxylation is 1. The lowest BCUT2D eigenvalue weighted by Crippen LogP contribution is -2.37. The Hall–Kier alpha value is -1.01. The van der Waals surface area contributed by atoms with Crippen molar-refractivity contribution >= 4 is 0 Å². The molecule has 1 saturated carbocycles. The number of aromatic nitrogens is 4. The summed E-state index contributed by atoms with van der Waals surface area (Å²) in [6, 6.07) is 0.585. The number of rotatable bonds is 7. The van der Waals surface area contributed by atoms with Gasteiger partial charge < -0.3 is 5.73 Å². The minimum absolute atomic E-state index is 0.585. The Morgan fingerprint density at radius 1 is 1.42 bits per heavy atom. The second-order valence-corrected chi connectivity index (χ2v) is 5.58. The van der Waals surface area contributed by atoms with Gasteiger partial charge in [-0.2, -0.15) is 0 Å². The third-order valence-electron chi connectivity index (χ3n) is 4.21. The van der Waals surface area contributed by atoms with Crippen molar-refractivity contribution in [2.24, 2.45) is 11.7 Å². The molecule has 2 rings (SSSR count). The lowest BCUT2D eigenvalue weighted by atomic mass is 10.0. The molecule has 0 amide bonds. The first kappa shape index (κ1) is 14.4. The van der Waals surface area contributed by atoms with E-state index in [9.17, 15) is 0 Å². The van der Waals surface area contributed by atoms with Gasteiger partial charge >= 0.3 is 0 Å². The van der Waals surface area contributed by atoms with Crippen LogP contribution >= 0.6 is 0 Å². The van der Waals surface area contributed by atoms with Crippen LogP contribution in [-0.4, -0.2) is 44.7 Å². The Morgan fingerprint density at radius 3 is 3.00 bits per heavy atom. The van der Waals surface area contributed by atoms with E-state index < -0.39 is 0 Å². The largest absolute Gasteiger partial charge is 0.330 e. The molecule has 0 spiro atoms. The zero-order valence-electron chi connectivity index (χ0n) is 12.1. The highest BCUT2D eigenvalue weighted by Crippen LogP contribution is 2.29. The van der Waals surface area contributed by atoms with Crippen molar-refractivity contribution in [3.05, 3.63) is 5.82 Å². The molecular weight excluding hydrogens is 240 g/mol. The molecule has 1 aliphatic rings. The van der Waals surface area contributed by atoms with Crippen molar-refractivity contribution in [3.8, 4) is 0 Å². The van der Waals surface area contributed by atoms with Crippen LogP contribution in [0.2, 0.25) is 0 Å². The Bertz CT molecular complexity index is 377. The average Bonchev–Trinajstić information content (AvgIpc) is 3.04. The molecule has 1 heterocycles. The average molecular weight is 266 g/mol. The van der Waals surface area contributed by atoms with E-state index in [1.807, 2.05) is 4.68 Å². The van der Waals surface area contributed by atoms with E-state index in [4.69, 9.17) is 5.73 Å². The van der Waals surface area contributed by atoms with Crippen LogP contribution < -0.4 is 5.73 Å². The van der Waals surface area contributed by atoms with Crippen LogP contribution in [0.25, 0.3) is 0 Å². The molecule has 2 N–H and O–H groups in total. The summed E-state index contributed by atoms with van der Waals surface area (Å²) in [5.41, 5.74) is 5.86. The van der Waals surface area contributed by atoms with E-state index in [-0.39, 0.29) is 0 Å². The van der Waals surface area contributed by atoms with Gasteiger partial charge in [0.15, 0.2) is 5.82 Å². The fourth-order valence-electron chi connectivity index (χ4n) is 3.03. The molecule has 0 aliphatic heterocycles. The lowest BCUT2D eigenvalue weighted by Gasteiger charge is -2.28. The molecule has 1 fully saturated rings. The monoisotopic (exact) mass is 266 g/mol. The van der Waals surface area contributed by atoms with Crippen molar-refractivity contribution in [3.63, 3.8) is 0 Å². The van der Waals surface area contributed by atoms with Crippen molar-refractivity contribution in [2.45, 2.75) is 58.2 Å². The molecule has 0 radical (unpaired) electrons. The molecule has 2 atom stereocenters. The van der Waals surface area contributed by atoms with E-state index in [0.717, 1.165) is 38.3 Å². The van der Waals surface area contributed by atoms with Gasteiger partial charge in [-0.05, 0) is 49.2 Å². The molecule has 0 bridgehead atoms. The predicted molar refractivity (Wildman–Crippen MR) is 74.4 cm³/mol. The number of hydrogen-bond acceptors (Lipinski definition) is 5. The topological polar surface area (TPSA) is 72.9 Å². The summed E-state index contributed by atoms with van der Waals surface area (Å²) >= 11 is 0. The van der Waals surface area contributed by atoms with Crippen molar-refractivity contribution in [1.29, 1.82) is 0 Å². The summed E-state index contributed by atoms with van der Waals surface area (Å²) in [6.07, 6.45) is 6.07. The van der Waals surface area contributed by atoms with E-state index in [0.29, 0.717) is 12.0 Å². The quantitative estimate of drug-likeness (QED) is 0.798. The van der Waals surface area contributed by atoms with Gasteiger partial charge in [0.05, 0.1) is 6.54 Å². The summed E-state index contributed by atoms with van der Waals surface area (Å²) in [5.74, 6) is 1.60. The number of hydrogen-bond donors (Lipinski definition) is 1. The summed E-state index contributed by atoms with van der Waals surface area (Å²) < 4.78 is 1.94. The molecule has 6 heteroatoms. The minimum atomic E-state index is 0.585. The summed E-state index contributed by atoms with van der Waals surface area (Å²) in [5, 5.41) is 12.0. The predicted octanol–water partition coefficient (Wildman–Crippen LogP) is 1.03. The normalized spacial score (nSPS) is 23.4. The first-order valence-corrected chi connectivity index (χ1v) is 7.41. The van der Waals surface area contributed by atoms with E-state index in [1.54, 1.807) is 0 Å². The molecule has 108 valence electrons. The molecule has 2 unspecified atom stereocenters. The first-order valence-electron chi connectivity index (χ1n) is 7.41. The van der Waals surface area contributed by atoms with Gasteiger partial charge in [0.25, 0.3) is 0 Å². The fraction of sp³-hybridized carbons (Fsp3) is 0.923. The minimum Gasteiger partial charge on any atom is -0.330 e. The van der Waals surface area contributed by atoms with Gasteiger partial charge in [-0.15, -0.1) is 5.10 Å². The maximum absolute atomic E-state index is 5.86. The van der Waals surface area contributed by atoms with E-state index in [1.165, 1.54) is 19.3 Å². The van der Waals surface area contributed by atoms with Crippen LogP contribution in [0.15, 0.2) is 0 Å². The summed E-state index contributed by atoms with van der Waals surface area (Å²) in [6.45, 7) is 4.70. The van der Waals surface area contributed by atoms with Crippen LogP contribution in [0, 0.1) is 5.92 Å². The molecular formula is C13H26N6. The smallest absolute Gasteiger partial charge is 0.165 e. The number of nitrogens with zero attached hydrogens (tertiary/aromatic N) is 5. The number of unbranched alkanes of at least 4 members (excludes halogenated alkanes) is 1. The molecule has 19 heavy (non-hydrogen) atoms. The highest BCUT2D eigenvalue weighted by molar-refractivity contribution is 4.88. The van der Waals surface area contributed by atoms with Crippen LogP contribution in [-0.2, 0) is 13.1 Å². The maximum atomic E-state index is 5.86.